The van der Waals surface area contributed by atoms with Crippen molar-refractivity contribution in [1.82, 2.24) is 9.55 Å². The molecule has 4 rings (SSSR count). The highest BCUT2D eigenvalue weighted by atomic mass is 32.2. The first kappa shape index (κ1) is 18.7. The number of Topliss-reactive ketones (excluding diaryl/α,β-unsaturated/α-hetero) is 1. The van der Waals surface area contributed by atoms with Crippen LogP contribution >= 0.6 is 11.8 Å². The number of ketones is 1. The molecule has 1 aliphatic heterocycles. The topological polar surface area (TPSA) is 81.4 Å². The normalized spacial score (nSPS) is 16.5. The zero-order valence-corrected chi connectivity index (χ0v) is 16.0. The molecule has 1 fully saturated rings. The van der Waals surface area contributed by atoms with Crippen LogP contribution in [-0.2, 0) is 11.3 Å². The van der Waals surface area contributed by atoms with Gasteiger partial charge >= 0.3 is 0 Å². The Labute approximate surface area is 166 Å². The molecule has 0 bridgehead atoms. The van der Waals surface area contributed by atoms with E-state index in [9.17, 15) is 14.7 Å². The third-order valence-corrected chi connectivity index (χ3v) is 5.73. The zero-order chi connectivity index (χ0) is 19.5. The molecule has 1 atom stereocenters. The number of phenolic OH excluding ortho intramolecular Hbond substituents is 1. The van der Waals surface area contributed by atoms with Gasteiger partial charge in [0.2, 0.25) is 0 Å². The van der Waals surface area contributed by atoms with Gasteiger partial charge in [0.15, 0.2) is 10.9 Å². The second kappa shape index (κ2) is 8.16. The van der Waals surface area contributed by atoms with E-state index in [0.29, 0.717) is 34.8 Å². The summed E-state index contributed by atoms with van der Waals surface area (Å²) in [4.78, 5) is 30.2. The summed E-state index contributed by atoms with van der Waals surface area (Å²) in [5.74, 6) is 0.183. The van der Waals surface area contributed by atoms with Crippen LogP contribution in [0.15, 0.2) is 58.5 Å². The maximum atomic E-state index is 13.0. The Morgan fingerprint density at radius 3 is 2.75 bits per heavy atom. The first-order chi connectivity index (χ1) is 13.6. The molecule has 2 aromatic carbocycles. The molecule has 28 heavy (non-hydrogen) atoms. The number of aromatic hydroxyl groups is 1. The van der Waals surface area contributed by atoms with Crippen molar-refractivity contribution >= 4 is 28.4 Å². The number of fused-ring (bicyclic) bond motifs is 1. The first-order valence-electron chi connectivity index (χ1n) is 9.18. The van der Waals surface area contributed by atoms with E-state index in [1.807, 2.05) is 12.1 Å². The Morgan fingerprint density at radius 2 is 2.00 bits per heavy atom. The minimum absolute atomic E-state index is 0.00666. The van der Waals surface area contributed by atoms with Gasteiger partial charge in [0.1, 0.15) is 5.75 Å². The maximum Gasteiger partial charge on any atom is 0.262 e. The molecule has 1 aliphatic rings. The standard InChI is InChI=1S/C21H20N2O4S/c24-15-9-7-14(8-10-15)19(25)13-28-21-22-18-6-2-1-5-17(18)20(26)23(21)12-16-4-3-11-27-16/h1-2,5-10,16,24H,3-4,11-13H2/t16-/m0/s1. The number of para-hydroxylation sites is 1. The van der Waals surface area contributed by atoms with Crippen LogP contribution in [0.2, 0.25) is 0 Å². The predicted octanol–water partition coefficient (Wildman–Crippen LogP) is 3.26. The quantitative estimate of drug-likeness (QED) is 0.391. The summed E-state index contributed by atoms with van der Waals surface area (Å²) in [6.45, 7) is 1.15. The molecule has 0 radical (unpaired) electrons. The smallest absolute Gasteiger partial charge is 0.262 e. The van der Waals surface area contributed by atoms with Crippen LogP contribution in [0.5, 0.6) is 5.75 Å². The van der Waals surface area contributed by atoms with E-state index in [-0.39, 0.29) is 28.9 Å². The number of aromatic nitrogens is 2. The van der Waals surface area contributed by atoms with E-state index in [1.54, 1.807) is 28.8 Å². The van der Waals surface area contributed by atoms with Gasteiger partial charge in [-0.3, -0.25) is 14.2 Å². The number of nitrogens with zero attached hydrogens (tertiary/aromatic N) is 2. The van der Waals surface area contributed by atoms with E-state index < -0.39 is 0 Å². The number of hydrogen-bond donors (Lipinski definition) is 1. The summed E-state index contributed by atoms with van der Waals surface area (Å²) < 4.78 is 7.33. The second-order valence-corrected chi connectivity index (χ2v) is 7.66. The lowest BCUT2D eigenvalue weighted by molar-refractivity contribution is 0.0937. The summed E-state index contributed by atoms with van der Waals surface area (Å²) in [5, 5.41) is 10.5. The molecule has 7 heteroatoms. The van der Waals surface area contributed by atoms with E-state index in [4.69, 9.17) is 4.74 Å². The fourth-order valence-electron chi connectivity index (χ4n) is 3.27. The van der Waals surface area contributed by atoms with Crippen LogP contribution in [0, 0.1) is 0 Å². The molecule has 0 unspecified atom stereocenters. The van der Waals surface area contributed by atoms with Gasteiger partial charge in [0, 0.05) is 12.2 Å². The largest absolute Gasteiger partial charge is 0.508 e. The van der Waals surface area contributed by atoms with Crippen LogP contribution in [0.3, 0.4) is 0 Å². The van der Waals surface area contributed by atoms with Crippen LogP contribution in [-0.4, -0.2) is 38.9 Å². The predicted molar refractivity (Wildman–Crippen MR) is 108 cm³/mol. The molecule has 3 aromatic rings. The Morgan fingerprint density at radius 1 is 1.21 bits per heavy atom. The summed E-state index contributed by atoms with van der Waals surface area (Å²) in [6, 6.07) is 13.4. The Balaban J connectivity index is 1.63. The molecule has 1 saturated heterocycles. The number of benzene rings is 2. The lowest BCUT2D eigenvalue weighted by Crippen LogP contribution is -2.29. The number of rotatable bonds is 6. The molecule has 0 aliphatic carbocycles. The summed E-state index contributed by atoms with van der Waals surface area (Å²) in [7, 11) is 0. The highest BCUT2D eigenvalue weighted by Gasteiger charge is 2.20. The molecular formula is C21H20N2O4S. The number of phenols is 1. The zero-order valence-electron chi connectivity index (χ0n) is 15.2. The monoisotopic (exact) mass is 396 g/mol. The number of carbonyl (C=O) groups is 1. The lowest BCUT2D eigenvalue weighted by Gasteiger charge is -2.16. The van der Waals surface area contributed by atoms with Crippen molar-refractivity contribution in [2.45, 2.75) is 30.6 Å². The van der Waals surface area contributed by atoms with Crippen LogP contribution in [0.25, 0.3) is 10.9 Å². The van der Waals surface area contributed by atoms with Gasteiger partial charge in [-0.25, -0.2) is 4.98 Å². The van der Waals surface area contributed by atoms with Gasteiger partial charge in [-0.05, 0) is 49.2 Å². The van der Waals surface area contributed by atoms with Gasteiger partial charge in [-0.2, -0.15) is 0 Å². The van der Waals surface area contributed by atoms with Gasteiger partial charge < -0.3 is 9.84 Å². The molecule has 6 nitrogen and oxygen atoms in total. The second-order valence-electron chi connectivity index (χ2n) is 6.72. The van der Waals surface area contributed by atoms with Gasteiger partial charge in [0.25, 0.3) is 5.56 Å². The number of ether oxygens (including phenoxy) is 1. The summed E-state index contributed by atoms with van der Waals surface area (Å²) in [5.41, 5.74) is 1.02. The number of carbonyl (C=O) groups excluding carboxylic acids is 1. The molecule has 0 saturated carbocycles. The highest BCUT2D eigenvalue weighted by Crippen LogP contribution is 2.22. The van der Waals surface area contributed by atoms with Gasteiger partial charge in [-0.1, -0.05) is 23.9 Å². The fraction of sp³-hybridized carbons (Fsp3) is 0.286. The van der Waals surface area contributed by atoms with Crippen molar-refractivity contribution in [2.24, 2.45) is 0 Å². The van der Waals surface area contributed by atoms with E-state index in [2.05, 4.69) is 4.98 Å². The van der Waals surface area contributed by atoms with Crippen LogP contribution in [0.4, 0.5) is 0 Å². The minimum atomic E-state index is -0.110. The summed E-state index contributed by atoms with van der Waals surface area (Å²) in [6.07, 6.45) is 1.89. The van der Waals surface area contributed by atoms with Crippen molar-refractivity contribution in [3.63, 3.8) is 0 Å². The average molecular weight is 396 g/mol. The molecule has 144 valence electrons. The number of hydrogen-bond acceptors (Lipinski definition) is 6. The van der Waals surface area contributed by atoms with Crippen LogP contribution < -0.4 is 5.56 Å². The highest BCUT2D eigenvalue weighted by molar-refractivity contribution is 7.99. The Kier molecular flexibility index (Phi) is 5.45. The Hall–Kier alpha value is -2.64. The molecule has 1 N–H and O–H groups in total. The van der Waals surface area contributed by atoms with E-state index >= 15 is 0 Å². The first-order valence-corrected chi connectivity index (χ1v) is 10.2. The van der Waals surface area contributed by atoms with Crippen molar-refractivity contribution in [3.05, 3.63) is 64.4 Å². The SMILES string of the molecule is O=C(CSc1nc2ccccc2c(=O)n1C[C@@H]1CCCO1)c1ccc(O)cc1. The lowest BCUT2D eigenvalue weighted by atomic mass is 10.1. The third kappa shape index (κ3) is 3.95. The maximum absolute atomic E-state index is 13.0. The van der Waals surface area contributed by atoms with Crippen molar-refractivity contribution in [2.75, 3.05) is 12.4 Å². The molecular weight excluding hydrogens is 376 g/mol. The van der Waals surface area contributed by atoms with E-state index in [1.165, 1.54) is 23.9 Å². The van der Waals surface area contributed by atoms with Crippen molar-refractivity contribution in [3.8, 4) is 5.75 Å². The van der Waals surface area contributed by atoms with Crippen LogP contribution in [0.1, 0.15) is 23.2 Å². The summed E-state index contributed by atoms with van der Waals surface area (Å²) >= 11 is 1.25. The van der Waals surface area contributed by atoms with Gasteiger partial charge in [-0.15, -0.1) is 0 Å². The van der Waals surface area contributed by atoms with E-state index in [0.717, 1.165) is 12.8 Å². The van der Waals surface area contributed by atoms with Gasteiger partial charge in [0.05, 0.1) is 29.3 Å². The Bertz CT molecular complexity index is 1060. The molecule has 2 heterocycles. The fourth-order valence-corrected chi connectivity index (χ4v) is 4.17. The minimum Gasteiger partial charge on any atom is -0.508 e. The molecule has 1 aromatic heterocycles. The third-order valence-electron chi connectivity index (χ3n) is 4.76. The number of thioether (sulfide) groups is 1. The molecule has 0 amide bonds. The van der Waals surface area contributed by atoms with Crippen molar-refractivity contribution in [1.29, 1.82) is 0 Å². The molecule has 0 spiro atoms. The average Bonchev–Trinajstić information content (AvgIpc) is 3.22. The van der Waals surface area contributed by atoms with Crippen molar-refractivity contribution < 1.29 is 14.6 Å².